The van der Waals surface area contributed by atoms with Crippen LogP contribution in [0, 0.1) is 0 Å². The first-order valence-corrected chi connectivity index (χ1v) is 9.47. The summed E-state index contributed by atoms with van der Waals surface area (Å²) >= 11 is 0. The van der Waals surface area contributed by atoms with Crippen LogP contribution >= 0.6 is 0 Å². The monoisotopic (exact) mass is 357 g/mol. The molecular weight excluding hydrogens is 330 g/mol. The zero-order chi connectivity index (χ0) is 18.3. The summed E-state index contributed by atoms with van der Waals surface area (Å²) in [7, 11) is 1.81. The fourth-order valence-corrected chi connectivity index (χ4v) is 4.22. The second-order valence-corrected chi connectivity index (χ2v) is 7.56. The minimum atomic E-state index is 0.0363. The molecule has 3 saturated heterocycles. The molecule has 0 aromatic heterocycles. The molecule has 3 aliphatic heterocycles. The number of amides is 3. The molecule has 3 amide bonds. The number of nitrogens with two attached hydrogens (primary N) is 1. The fraction of sp³-hybridized carbons (Fsp3) is 0.579. The summed E-state index contributed by atoms with van der Waals surface area (Å²) in [6, 6.07) is 7.88. The van der Waals surface area contributed by atoms with E-state index < -0.39 is 0 Å². The number of hydrogen-bond acceptors (Lipinski definition) is 4. The molecule has 3 fully saturated rings. The van der Waals surface area contributed by atoms with Crippen LogP contribution in [0.2, 0.25) is 0 Å². The molecule has 3 aliphatic rings. The summed E-state index contributed by atoms with van der Waals surface area (Å²) in [6.07, 6.45) is 3.24. The van der Waals surface area contributed by atoms with E-state index in [0.29, 0.717) is 13.1 Å². The molecule has 7 heteroatoms. The van der Waals surface area contributed by atoms with Crippen LogP contribution in [-0.2, 0) is 4.79 Å². The third-order valence-electron chi connectivity index (χ3n) is 5.92. The van der Waals surface area contributed by atoms with Crippen LogP contribution in [0.1, 0.15) is 19.3 Å². The molecular formula is C19H27N5O2. The molecule has 0 spiro atoms. The maximum Gasteiger partial charge on any atom is 0.324 e. The maximum absolute atomic E-state index is 12.6. The molecule has 0 aliphatic carbocycles. The minimum Gasteiger partial charge on any atom is -0.326 e. The van der Waals surface area contributed by atoms with Crippen molar-refractivity contribution in [3.05, 3.63) is 24.3 Å². The highest BCUT2D eigenvalue weighted by molar-refractivity contribution is 5.97. The first-order chi connectivity index (χ1) is 12.5. The Morgan fingerprint density at radius 1 is 1.19 bits per heavy atom. The lowest BCUT2D eigenvalue weighted by Gasteiger charge is -2.22. The lowest BCUT2D eigenvalue weighted by Crippen LogP contribution is -2.37. The van der Waals surface area contributed by atoms with Crippen molar-refractivity contribution in [3.63, 3.8) is 0 Å². The van der Waals surface area contributed by atoms with Gasteiger partial charge in [0.1, 0.15) is 0 Å². The van der Waals surface area contributed by atoms with E-state index in [0.717, 1.165) is 37.4 Å². The zero-order valence-electron chi connectivity index (χ0n) is 15.3. The van der Waals surface area contributed by atoms with Crippen LogP contribution in [0.15, 0.2) is 24.3 Å². The number of likely N-dealkylation sites (tertiary alicyclic amines) is 1. The van der Waals surface area contributed by atoms with Crippen molar-refractivity contribution in [3.8, 4) is 0 Å². The number of urea groups is 1. The Balaban J connectivity index is 1.42. The van der Waals surface area contributed by atoms with Gasteiger partial charge >= 0.3 is 6.03 Å². The molecule has 26 heavy (non-hydrogen) atoms. The van der Waals surface area contributed by atoms with E-state index in [1.54, 1.807) is 9.80 Å². The summed E-state index contributed by atoms with van der Waals surface area (Å²) < 4.78 is 0. The number of nitrogens with zero attached hydrogens (tertiary/aromatic N) is 4. The number of benzene rings is 1. The fourth-order valence-electron chi connectivity index (χ4n) is 4.22. The summed E-state index contributed by atoms with van der Waals surface area (Å²) in [5.74, 6) is 0.100. The van der Waals surface area contributed by atoms with E-state index in [1.807, 2.05) is 36.2 Å². The highest BCUT2D eigenvalue weighted by Gasteiger charge is 2.44. The van der Waals surface area contributed by atoms with Gasteiger partial charge in [-0.25, -0.2) is 4.79 Å². The Kier molecular flexibility index (Phi) is 4.58. The van der Waals surface area contributed by atoms with Gasteiger partial charge < -0.3 is 15.5 Å². The number of carbonyl (C=O) groups excluding carboxylic acids is 2. The number of rotatable bonds is 4. The molecule has 140 valence electrons. The number of likely N-dealkylation sites (N-methyl/N-ethyl adjacent to an activating group) is 1. The van der Waals surface area contributed by atoms with Crippen LogP contribution in [-0.4, -0.2) is 73.6 Å². The van der Waals surface area contributed by atoms with Gasteiger partial charge in [0.2, 0.25) is 5.91 Å². The summed E-state index contributed by atoms with van der Waals surface area (Å²) in [5.41, 5.74) is 7.83. The smallest absolute Gasteiger partial charge is 0.324 e. The molecule has 1 aromatic rings. The summed E-state index contributed by atoms with van der Waals surface area (Å²) in [6.45, 7) is 3.87. The standard InChI is InChI=1S/C19H27N5O2/c1-21(18(25)13-22-9-2-3-10-22)14-4-6-15(7-5-14)24-12-17-16(20)8-11-23(17)19(24)26/h4-7,16-17H,2-3,8-13,20H2,1H3/t16-,17-/m1/s1. The largest absolute Gasteiger partial charge is 0.326 e. The Morgan fingerprint density at radius 3 is 2.54 bits per heavy atom. The van der Waals surface area contributed by atoms with Crippen LogP contribution < -0.4 is 15.5 Å². The van der Waals surface area contributed by atoms with Gasteiger partial charge in [-0.3, -0.25) is 14.6 Å². The van der Waals surface area contributed by atoms with Crippen molar-refractivity contribution < 1.29 is 9.59 Å². The van der Waals surface area contributed by atoms with E-state index in [9.17, 15) is 9.59 Å². The molecule has 0 bridgehead atoms. The second kappa shape index (κ2) is 6.89. The third kappa shape index (κ3) is 3.05. The minimum absolute atomic E-state index is 0.0363. The lowest BCUT2D eigenvalue weighted by molar-refractivity contribution is -0.119. The third-order valence-corrected chi connectivity index (χ3v) is 5.92. The summed E-state index contributed by atoms with van der Waals surface area (Å²) in [5, 5.41) is 0. The first-order valence-electron chi connectivity index (χ1n) is 9.47. The Labute approximate surface area is 154 Å². The van der Waals surface area contributed by atoms with Gasteiger partial charge in [0.25, 0.3) is 0 Å². The molecule has 2 N–H and O–H groups in total. The van der Waals surface area contributed by atoms with Crippen molar-refractivity contribution in [2.45, 2.75) is 31.3 Å². The number of carbonyl (C=O) groups is 2. The Morgan fingerprint density at radius 2 is 1.88 bits per heavy atom. The predicted molar refractivity (Wildman–Crippen MR) is 101 cm³/mol. The van der Waals surface area contributed by atoms with E-state index in [2.05, 4.69) is 4.90 Å². The van der Waals surface area contributed by atoms with Gasteiger partial charge in [0, 0.05) is 37.6 Å². The number of fused-ring (bicyclic) bond motifs is 1. The van der Waals surface area contributed by atoms with Gasteiger partial charge in [-0.05, 0) is 56.6 Å². The van der Waals surface area contributed by atoms with Crippen molar-refractivity contribution in [2.24, 2.45) is 5.73 Å². The van der Waals surface area contributed by atoms with E-state index in [1.165, 1.54) is 12.8 Å². The van der Waals surface area contributed by atoms with Gasteiger partial charge in [-0.15, -0.1) is 0 Å². The second-order valence-electron chi connectivity index (χ2n) is 7.56. The highest BCUT2D eigenvalue weighted by atomic mass is 16.2. The van der Waals surface area contributed by atoms with E-state index in [-0.39, 0.29) is 24.0 Å². The maximum atomic E-state index is 12.6. The van der Waals surface area contributed by atoms with Crippen molar-refractivity contribution in [2.75, 3.05) is 49.6 Å². The van der Waals surface area contributed by atoms with Gasteiger partial charge in [0.05, 0.1) is 12.6 Å². The molecule has 1 aromatic carbocycles. The molecule has 0 unspecified atom stereocenters. The molecule has 4 rings (SSSR count). The normalized spacial score (nSPS) is 25.8. The molecule has 0 radical (unpaired) electrons. The van der Waals surface area contributed by atoms with E-state index in [4.69, 9.17) is 5.73 Å². The van der Waals surface area contributed by atoms with Crippen LogP contribution in [0.5, 0.6) is 0 Å². The SMILES string of the molecule is CN(C(=O)CN1CCCC1)c1ccc(N2C[C@@H]3[C@H](N)CCN3C2=O)cc1. The van der Waals surface area contributed by atoms with Crippen molar-refractivity contribution in [1.82, 2.24) is 9.80 Å². The lowest BCUT2D eigenvalue weighted by atomic mass is 10.1. The topological polar surface area (TPSA) is 73.1 Å². The van der Waals surface area contributed by atoms with Crippen LogP contribution in [0.25, 0.3) is 0 Å². The molecule has 3 heterocycles. The Bertz CT molecular complexity index is 686. The van der Waals surface area contributed by atoms with Gasteiger partial charge in [0.15, 0.2) is 0 Å². The average molecular weight is 357 g/mol. The van der Waals surface area contributed by atoms with Gasteiger partial charge in [-0.2, -0.15) is 0 Å². The number of hydrogen-bond donors (Lipinski definition) is 1. The van der Waals surface area contributed by atoms with Gasteiger partial charge in [-0.1, -0.05) is 0 Å². The van der Waals surface area contributed by atoms with Crippen LogP contribution in [0.3, 0.4) is 0 Å². The zero-order valence-corrected chi connectivity index (χ0v) is 15.3. The van der Waals surface area contributed by atoms with Crippen molar-refractivity contribution in [1.29, 1.82) is 0 Å². The quantitative estimate of drug-likeness (QED) is 0.875. The molecule has 7 nitrogen and oxygen atoms in total. The van der Waals surface area contributed by atoms with Crippen molar-refractivity contribution >= 4 is 23.3 Å². The highest BCUT2D eigenvalue weighted by Crippen LogP contribution is 2.30. The molecule has 0 saturated carbocycles. The number of anilines is 2. The van der Waals surface area contributed by atoms with E-state index >= 15 is 0 Å². The predicted octanol–water partition coefficient (Wildman–Crippen LogP) is 1.09. The Hall–Kier alpha value is -2.12. The molecule has 2 atom stereocenters. The van der Waals surface area contributed by atoms with Crippen LogP contribution in [0.4, 0.5) is 16.2 Å². The first kappa shape index (κ1) is 17.3. The summed E-state index contributed by atoms with van der Waals surface area (Å²) in [4.78, 5) is 32.6. The average Bonchev–Trinajstić information content (AvgIpc) is 3.35.